The normalized spacial score (nSPS) is 48.9. The highest BCUT2D eigenvalue weighted by Gasteiger charge is 2.90. The molecule has 14 heteroatoms. The quantitative estimate of drug-likeness (QED) is 0.0482. The summed E-state index contributed by atoms with van der Waals surface area (Å²) in [6.45, 7) is -0.453. The van der Waals surface area contributed by atoms with Gasteiger partial charge in [0, 0.05) is 45.6 Å². The van der Waals surface area contributed by atoms with Gasteiger partial charge in [0.1, 0.15) is 18.0 Å². The molecule has 4 aromatic carbocycles. The van der Waals surface area contributed by atoms with E-state index in [4.69, 9.17) is 14.2 Å². The Labute approximate surface area is 505 Å². The molecule has 0 radical (unpaired) electrons. The molecule has 3 saturated heterocycles. The minimum atomic E-state index is -2.64. The molecule has 0 amide bonds. The first-order valence-corrected chi connectivity index (χ1v) is 35.9. The average Bonchev–Trinajstić information content (AvgIpc) is 1.54. The van der Waals surface area contributed by atoms with Gasteiger partial charge in [0.15, 0.2) is 17.5 Å². The number of aromatic hydroxyl groups is 1. The number of fused-ring (bicyclic) bond motifs is 11. The summed E-state index contributed by atoms with van der Waals surface area (Å²) in [5.74, 6) is -0.107. The number of hydrogen-bond donors (Lipinski definition) is 8. The monoisotopic (exact) mass is 1190 g/mol. The van der Waals surface area contributed by atoms with E-state index in [2.05, 4.69) is 53.7 Å². The Morgan fingerprint density at radius 1 is 0.788 bits per heavy atom. The van der Waals surface area contributed by atoms with Gasteiger partial charge >= 0.3 is 5.97 Å². The number of aromatic nitrogens is 1. The van der Waals surface area contributed by atoms with Crippen LogP contribution < -0.4 is 10.1 Å². The Morgan fingerprint density at radius 2 is 1.61 bits per heavy atom. The van der Waals surface area contributed by atoms with Gasteiger partial charge < -0.3 is 55.2 Å². The molecule has 4 aliphatic heterocycles. The number of aliphatic hydroxyl groups excluding tert-OH is 3. The van der Waals surface area contributed by atoms with Gasteiger partial charge in [0.05, 0.1) is 35.4 Å². The van der Waals surface area contributed by atoms with Crippen LogP contribution in [-0.2, 0) is 26.3 Å². The summed E-state index contributed by atoms with van der Waals surface area (Å²) >= 11 is 0. The number of esters is 1. The van der Waals surface area contributed by atoms with Crippen molar-refractivity contribution in [3.63, 3.8) is 0 Å². The summed E-state index contributed by atoms with van der Waals surface area (Å²) < 4.78 is 22.3. The number of aromatic amines is 1. The molecule has 23 unspecified atom stereocenters. The molecule has 5 aromatic rings. The number of aliphatic hydroxyl groups is 5. The molecule has 20 rings (SSSR count). The van der Waals surface area contributed by atoms with Crippen LogP contribution in [0.3, 0.4) is 0 Å². The van der Waals surface area contributed by atoms with E-state index in [1.54, 1.807) is 0 Å². The number of ether oxygens (including phenoxy) is 3. The van der Waals surface area contributed by atoms with Crippen LogP contribution in [0, 0.1) is 80.3 Å². The van der Waals surface area contributed by atoms with E-state index in [0.29, 0.717) is 59.5 Å². The molecule has 12 nitrogen and oxygen atoms in total. The molecule has 23 atom stereocenters. The van der Waals surface area contributed by atoms with Crippen LogP contribution in [0.1, 0.15) is 151 Å². The van der Waals surface area contributed by atoms with Crippen molar-refractivity contribution in [1.82, 2.24) is 10.3 Å². The molecular formula is C71H84N2O10S2. The van der Waals surface area contributed by atoms with Crippen LogP contribution in [0.4, 0.5) is 0 Å². The fourth-order valence-electron chi connectivity index (χ4n) is 27.3. The van der Waals surface area contributed by atoms with Crippen molar-refractivity contribution in [3.8, 4) is 11.5 Å². The topological polar surface area (TPSA) is 194 Å². The highest BCUT2D eigenvalue weighted by Crippen LogP contribution is 2.87. The van der Waals surface area contributed by atoms with Crippen LogP contribution in [-0.4, -0.2) is 108 Å². The number of phenols is 1. The summed E-state index contributed by atoms with van der Waals surface area (Å²) in [5, 5.41) is 89.8. The molecule has 5 heterocycles. The van der Waals surface area contributed by atoms with E-state index in [1.807, 2.05) is 51.9 Å². The van der Waals surface area contributed by atoms with Gasteiger partial charge in [-0.3, -0.25) is 0 Å². The molecule has 10 saturated carbocycles. The second-order valence-electron chi connectivity index (χ2n) is 31.2. The van der Waals surface area contributed by atoms with Crippen molar-refractivity contribution in [2.24, 2.45) is 80.3 Å². The molecule has 6 bridgehead atoms. The fraction of sp³-hybridized carbons (Fsp3) is 0.676. The van der Waals surface area contributed by atoms with E-state index in [9.17, 15) is 30.6 Å². The summed E-state index contributed by atoms with van der Waals surface area (Å²) in [7, 11) is 5.89. The maximum atomic E-state index is 16.3. The fourth-order valence-corrected chi connectivity index (χ4v) is 30.1. The number of phenolic OH excluding ortho intramolecular Hbond substituents is 1. The van der Waals surface area contributed by atoms with Crippen molar-refractivity contribution >= 4 is 60.0 Å². The lowest BCUT2D eigenvalue weighted by Crippen LogP contribution is -2.82. The van der Waals surface area contributed by atoms with Crippen molar-refractivity contribution in [1.29, 1.82) is 0 Å². The zero-order valence-corrected chi connectivity index (χ0v) is 50.6. The lowest BCUT2D eigenvalue weighted by Gasteiger charge is -2.72. The van der Waals surface area contributed by atoms with Gasteiger partial charge in [-0.2, -0.15) is 0 Å². The second kappa shape index (κ2) is 17.7. The van der Waals surface area contributed by atoms with E-state index < -0.39 is 82.6 Å². The number of rotatable bonds is 4. The molecule has 6 spiro atoms. The van der Waals surface area contributed by atoms with Crippen LogP contribution in [0.2, 0.25) is 0 Å². The predicted molar refractivity (Wildman–Crippen MR) is 327 cm³/mol. The highest BCUT2D eigenvalue weighted by molar-refractivity contribution is 8.76. The van der Waals surface area contributed by atoms with Gasteiger partial charge in [-0.15, -0.1) is 0 Å². The SMILES string of the molecule is CNC1CSSCC2c3cc(O)ccc3C34C(CCC35C(O)C1CC1C3CC6(C(O)C7(O)OC(C(=O)Oc8c(CO)[nH]c9ccc%10cc%11ccccc%11cc%10c89)C(OC15)C37O)C1(CCCC1)CC1CCC3CCCC35CCC16C5)CC1CCC2C14. The summed E-state index contributed by atoms with van der Waals surface area (Å²) in [4.78, 5) is 19.7. The molecule has 11 aliphatic carbocycles. The Bertz CT molecular complexity index is 3660. The summed E-state index contributed by atoms with van der Waals surface area (Å²) in [6.07, 6.45) is 13.9. The van der Waals surface area contributed by atoms with E-state index >= 15 is 4.79 Å². The lowest BCUT2D eigenvalue weighted by atomic mass is 9.37. The third-order valence-corrected chi connectivity index (χ3v) is 32.1. The third-order valence-electron chi connectivity index (χ3n) is 29.6. The maximum Gasteiger partial charge on any atom is 0.343 e. The average molecular weight is 1190 g/mol. The van der Waals surface area contributed by atoms with Gasteiger partial charge in [-0.25, -0.2) is 4.79 Å². The molecule has 1 aromatic heterocycles. The summed E-state index contributed by atoms with van der Waals surface area (Å²) in [5.41, 5.74) is -1.55. The van der Waals surface area contributed by atoms with E-state index in [0.717, 1.165) is 117 Å². The van der Waals surface area contributed by atoms with Crippen LogP contribution in [0.15, 0.2) is 66.7 Å². The van der Waals surface area contributed by atoms with Crippen LogP contribution in [0.5, 0.6) is 11.5 Å². The van der Waals surface area contributed by atoms with Crippen molar-refractivity contribution < 1.29 is 49.6 Å². The Morgan fingerprint density at radius 3 is 2.45 bits per heavy atom. The maximum absolute atomic E-state index is 16.3. The Kier molecular flexibility index (Phi) is 11.2. The van der Waals surface area contributed by atoms with Gasteiger partial charge in [-0.1, -0.05) is 77.2 Å². The van der Waals surface area contributed by atoms with Gasteiger partial charge in [0.25, 0.3) is 0 Å². The molecule has 450 valence electrons. The minimum absolute atomic E-state index is 0.0797. The van der Waals surface area contributed by atoms with Crippen molar-refractivity contribution in [2.45, 2.75) is 194 Å². The number of carbonyl (C=O) groups is 1. The predicted octanol–water partition coefficient (Wildman–Crippen LogP) is 11.3. The van der Waals surface area contributed by atoms with Crippen LogP contribution >= 0.6 is 21.6 Å². The first-order chi connectivity index (χ1) is 41.2. The van der Waals surface area contributed by atoms with E-state index in [1.165, 1.54) is 36.8 Å². The molecule has 85 heavy (non-hydrogen) atoms. The van der Waals surface area contributed by atoms with E-state index in [-0.39, 0.29) is 57.5 Å². The number of H-pyrrole nitrogens is 1. The number of carbonyl (C=O) groups excluding carboxylic acids is 1. The lowest BCUT2D eigenvalue weighted by molar-refractivity contribution is -0.410. The van der Waals surface area contributed by atoms with Crippen molar-refractivity contribution in [2.75, 3.05) is 18.6 Å². The number of nitrogens with one attached hydrogen (secondary N) is 2. The Hall–Kier alpha value is -3.41. The van der Waals surface area contributed by atoms with Gasteiger partial charge in [0.2, 0.25) is 5.79 Å². The van der Waals surface area contributed by atoms with Crippen LogP contribution in [0.25, 0.3) is 32.4 Å². The molecule has 13 fully saturated rings. The molecule has 8 N–H and O–H groups in total. The molecule has 15 aliphatic rings. The third kappa shape index (κ3) is 6.06. The molecular weight excluding hydrogens is 1100 g/mol. The first kappa shape index (κ1) is 53.4. The zero-order chi connectivity index (χ0) is 57.2. The highest BCUT2D eigenvalue weighted by atomic mass is 33.1. The standard InChI is InChI=1S/C71H84N2O10S2/c1-72-54-34-85-84-33-49-44-15-10-39-26-41-18-22-67(69(41,56(39)44)50-16-14-43(75)28-46(49)50)59(76)48(54)29-47-51-31-68(65(20-4-5-21-65)30-42-13-12-40-9-6-19-64(40)23-24-66(42,68)35-64)63(78)71(80)70(51,79)61(82-60(47)67)58(83-71)62(77)81-57-53(32-74)73-52-17-11-38-25-36-7-2-3-8-37(36)27-45(38)55(52)57/h2-3,7-8,11,14,16-17,25,27-28,39-42,44,47-49,51,54,56,58-61,63,72-76,78-80H,4-6,9-10,12-13,15,18-24,26,29-35H2,1H3. The Balaban J connectivity index is 0.848. The zero-order valence-electron chi connectivity index (χ0n) is 49.0. The summed E-state index contributed by atoms with van der Waals surface area (Å²) in [6, 6.07) is 22.5. The number of benzene rings is 4. The van der Waals surface area contributed by atoms with Gasteiger partial charge in [-0.05, 0) is 243 Å². The second-order valence-corrected chi connectivity index (χ2v) is 33.7. The first-order valence-electron chi connectivity index (χ1n) is 33.4. The minimum Gasteiger partial charge on any atom is -0.508 e. The number of hydrogen-bond acceptors (Lipinski definition) is 13. The smallest absolute Gasteiger partial charge is 0.343 e. The largest absolute Gasteiger partial charge is 0.508 e. The van der Waals surface area contributed by atoms with Crippen molar-refractivity contribution in [3.05, 3.63) is 83.6 Å².